The molecule has 1 aromatic rings. The van der Waals surface area contributed by atoms with E-state index < -0.39 is 8.32 Å². The third-order valence-corrected chi connectivity index (χ3v) is 10.8. The summed E-state index contributed by atoms with van der Waals surface area (Å²) in [6.45, 7) is 14.4. The Bertz CT molecular complexity index is 554. The summed E-state index contributed by atoms with van der Waals surface area (Å²) in [4.78, 5) is 0. The third-order valence-electron chi connectivity index (χ3n) is 6.29. The number of hydrogen-bond donors (Lipinski definition) is 0. The Labute approximate surface area is 154 Å². The van der Waals surface area contributed by atoms with Gasteiger partial charge in [-0.05, 0) is 30.6 Å². The van der Waals surface area contributed by atoms with Gasteiger partial charge in [0.05, 0.1) is 7.05 Å². The van der Waals surface area contributed by atoms with E-state index in [4.69, 9.17) is 9.16 Å². The molecule has 0 aromatic heterocycles. The number of quaternary nitrogens is 1. The zero-order valence-electron chi connectivity index (χ0n) is 16.9. The largest absolute Gasteiger partial charge is 0.632 e. The third kappa shape index (κ3) is 4.52. The van der Waals surface area contributed by atoms with E-state index in [1.807, 2.05) is 37.3 Å². The van der Waals surface area contributed by atoms with Crippen LogP contribution in [0.15, 0.2) is 30.3 Å². The Morgan fingerprint density at radius 2 is 1.84 bits per heavy atom. The molecule has 142 valence electrons. The van der Waals surface area contributed by atoms with Crippen LogP contribution in [0.2, 0.25) is 18.1 Å². The molecule has 1 heterocycles. The first kappa shape index (κ1) is 20.6. The van der Waals surface area contributed by atoms with Gasteiger partial charge in [0.25, 0.3) is 0 Å². The molecule has 0 radical (unpaired) electrons. The van der Waals surface area contributed by atoms with Gasteiger partial charge in [0.1, 0.15) is 24.8 Å². The molecule has 1 unspecified atom stereocenters. The lowest BCUT2D eigenvalue weighted by Gasteiger charge is -2.55. The minimum Gasteiger partial charge on any atom is -0.632 e. The fourth-order valence-electron chi connectivity index (χ4n) is 3.13. The smallest absolute Gasteiger partial charge is 0.191 e. The second-order valence-electron chi connectivity index (χ2n) is 9.02. The van der Waals surface area contributed by atoms with Gasteiger partial charge in [-0.1, -0.05) is 51.1 Å². The summed E-state index contributed by atoms with van der Waals surface area (Å²) in [6.07, 6.45) is 0.611. The van der Waals surface area contributed by atoms with Crippen LogP contribution in [0.5, 0.6) is 0 Å². The first-order chi connectivity index (χ1) is 11.5. The Morgan fingerprint density at radius 3 is 2.40 bits per heavy atom. The maximum atomic E-state index is 13.3. The number of likely N-dealkylation sites (N-methyl/N-ethyl adjacent to an activating group) is 1. The fraction of sp³-hybridized carbons (Fsp3) is 0.700. The number of hydroxylamine groups is 3. The summed E-state index contributed by atoms with van der Waals surface area (Å²) < 4.78 is 12.1. The summed E-state index contributed by atoms with van der Waals surface area (Å²) in [5.74, 6) is 0. The molecule has 1 fully saturated rings. The number of morpholine rings is 1. The van der Waals surface area contributed by atoms with Crippen LogP contribution in [0.4, 0.5) is 0 Å². The van der Waals surface area contributed by atoms with Crippen molar-refractivity contribution >= 4 is 8.32 Å². The molecular formula is C20H35NO3Si. The van der Waals surface area contributed by atoms with Crippen molar-refractivity contribution < 1.29 is 13.8 Å². The number of hydrogen-bond acceptors (Lipinski definition) is 3. The highest BCUT2D eigenvalue weighted by Crippen LogP contribution is 2.38. The molecule has 0 saturated carbocycles. The van der Waals surface area contributed by atoms with Crippen LogP contribution in [0.1, 0.15) is 45.8 Å². The average molecular weight is 366 g/mol. The molecule has 1 aliphatic heterocycles. The molecular weight excluding hydrogens is 330 g/mol. The van der Waals surface area contributed by atoms with Crippen molar-refractivity contribution in [2.45, 2.75) is 70.4 Å². The van der Waals surface area contributed by atoms with E-state index in [2.05, 4.69) is 33.9 Å². The Morgan fingerprint density at radius 1 is 1.24 bits per heavy atom. The highest BCUT2D eigenvalue weighted by atomic mass is 28.4. The van der Waals surface area contributed by atoms with E-state index in [-0.39, 0.29) is 27.9 Å². The van der Waals surface area contributed by atoms with E-state index in [1.165, 1.54) is 0 Å². The van der Waals surface area contributed by atoms with Gasteiger partial charge in [-0.15, -0.1) is 0 Å². The maximum absolute atomic E-state index is 13.3. The molecule has 1 aliphatic rings. The molecule has 1 aromatic carbocycles. The van der Waals surface area contributed by atoms with Gasteiger partial charge in [-0.3, -0.25) is 0 Å². The molecule has 2 rings (SSSR count). The first-order valence-electron chi connectivity index (χ1n) is 9.34. The predicted molar refractivity (Wildman–Crippen MR) is 106 cm³/mol. The van der Waals surface area contributed by atoms with Crippen LogP contribution < -0.4 is 0 Å². The zero-order chi connectivity index (χ0) is 18.9. The van der Waals surface area contributed by atoms with Crippen molar-refractivity contribution in [3.8, 4) is 0 Å². The van der Waals surface area contributed by atoms with Crippen molar-refractivity contribution in [1.29, 1.82) is 0 Å². The van der Waals surface area contributed by atoms with Gasteiger partial charge in [-0.2, -0.15) is 0 Å². The van der Waals surface area contributed by atoms with Gasteiger partial charge in [0.2, 0.25) is 0 Å². The lowest BCUT2D eigenvalue weighted by molar-refractivity contribution is -0.923. The van der Waals surface area contributed by atoms with Gasteiger partial charge >= 0.3 is 0 Å². The normalized spacial score (nSPS) is 31.1. The minimum absolute atomic E-state index is 0.0697. The Balaban J connectivity index is 1.98. The zero-order valence-corrected chi connectivity index (χ0v) is 17.9. The average Bonchev–Trinajstić information content (AvgIpc) is 2.51. The van der Waals surface area contributed by atoms with Crippen molar-refractivity contribution in [3.05, 3.63) is 41.1 Å². The summed E-state index contributed by atoms with van der Waals surface area (Å²) in [5.41, 5.74) is 1.09. The second kappa shape index (κ2) is 7.49. The fourth-order valence-corrected chi connectivity index (χ4v) is 4.19. The second-order valence-corrected chi connectivity index (χ2v) is 13.8. The number of rotatable bonds is 5. The molecule has 0 N–H and O–H groups in total. The van der Waals surface area contributed by atoms with E-state index >= 15 is 0 Å². The van der Waals surface area contributed by atoms with Crippen LogP contribution in [0, 0.1) is 5.21 Å². The summed E-state index contributed by atoms with van der Waals surface area (Å²) in [5, 5.41) is 13.5. The monoisotopic (exact) mass is 365 g/mol. The van der Waals surface area contributed by atoms with Crippen LogP contribution in [-0.2, 0) is 9.16 Å². The first-order valence-corrected chi connectivity index (χ1v) is 12.2. The predicted octanol–water partition coefficient (Wildman–Crippen LogP) is 4.87. The van der Waals surface area contributed by atoms with Crippen LogP contribution >= 0.6 is 0 Å². The van der Waals surface area contributed by atoms with Gasteiger partial charge in [0, 0.05) is 13.0 Å². The van der Waals surface area contributed by atoms with Crippen LogP contribution in [-0.4, -0.2) is 45.3 Å². The van der Waals surface area contributed by atoms with Crippen molar-refractivity contribution in [2.75, 3.05) is 20.3 Å². The van der Waals surface area contributed by atoms with Gasteiger partial charge in [-0.25, -0.2) is 0 Å². The highest BCUT2D eigenvalue weighted by Gasteiger charge is 2.43. The molecule has 4 nitrogen and oxygen atoms in total. The maximum Gasteiger partial charge on any atom is 0.191 e. The van der Waals surface area contributed by atoms with E-state index in [1.54, 1.807) is 7.05 Å². The molecule has 4 atom stereocenters. The van der Waals surface area contributed by atoms with Gasteiger partial charge < -0.3 is 19.0 Å². The molecule has 0 bridgehead atoms. The molecule has 25 heavy (non-hydrogen) atoms. The Hall–Kier alpha value is -0.723. The standard InChI is InChI=1S/C20H35NO3Si/c1-16-19(17-11-9-8-10-12-17)23-15-18(21(16,5)22)13-14-24-25(6,7)20(2,3)4/h8-12,16,18-19H,13-15H2,1-7H3/t16-,18-,19+,21?/m0/s1. The van der Waals surface area contributed by atoms with E-state index in [0.717, 1.165) is 12.0 Å². The molecule has 5 heteroatoms. The highest BCUT2D eigenvalue weighted by molar-refractivity contribution is 6.74. The van der Waals surface area contributed by atoms with Gasteiger partial charge in [0.15, 0.2) is 8.32 Å². The van der Waals surface area contributed by atoms with Crippen LogP contribution in [0.3, 0.4) is 0 Å². The molecule has 1 saturated heterocycles. The summed E-state index contributed by atoms with van der Waals surface area (Å²) in [7, 11) is 0.0231. The quantitative estimate of drug-likeness (QED) is 0.424. The minimum atomic E-state index is -1.77. The van der Waals surface area contributed by atoms with Crippen molar-refractivity contribution in [2.24, 2.45) is 0 Å². The number of benzene rings is 1. The molecule has 0 spiro atoms. The number of ether oxygens (including phenoxy) is 1. The lowest BCUT2D eigenvalue weighted by Crippen LogP contribution is -2.61. The van der Waals surface area contributed by atoms with E-state index in [0.29, 0.717) is 13.2 Å². The molecule has 0 amide bonds. The van der Waals surface area contributed by atoms with Crippen LogP contribution in [0.25, 0.3) is 0 Å². The number of nitrogens with zero attached hydrogens (tertiary/aromatic N) is 1. The summed E-state index contributed by atoms with van der Waals surface area (Å²) >= 11 is 0. The van der Waals surface area contributed by atoms with Crippen molar-refractivity contribution in [1.82, 2.24) is 0 Å². The molecule has 0 aliphatic carbocycles. The van der Waals surface area contributed by atoms with Crippen molar-refractivity contribution in [3.63, 3.8) is 0 Å². The lowest BCUT2D eigenvalue weighted by atomic mass is 9.97. The summed E-state index contributed by atoms with van der Waals surface area (Å²) in [6, 6.07) is 9.88. The SMILES string of the molecule is C[C@H]1[C@H](c2ccccc2)OC[C@H](CCO[Si](C)(C)C(C)(C)C)[N+]1(C)[O-]. The van der Waals surface area contributed by atoms with E-state index in [9.17, 15) is 5.21 Å². The Kier molecular flexibility index (Phi) is 6.17. The topological polar surface area (TPSA) is 41.5 Å².